The smallest absolute Gasteiger partial charge is 0.0746 e. The molecule has 2 heteroatoms. The maximum atomic E-state index is 9.93. The van der Waals surface area contributed by atoms with Gasteiger partial charge in [0.15, 0.2) is 0 Å². The van der Waals surface area contributed by atoms with E-state index in [0.29, 0.717) is 6.04 Å². The van der Waals surface area contributed by atoms with E-state index in [9.17, 15) is 5.11 Å². The molecule has 0 spiro atoms. The number of likely N-dealkylation sites (tertiary alicyclic amines) is 1. The van der Waals surface area contributed by atoms with E-state index in [1.165, 1.54) is 6.42 Å². The van der Waals surface area contributed by atoms with Gasteiger partial charge < -0.3 is 5.11 Å². The van der Waals surface area contributed by atoms with Crippen LogP contribution >= 0.6 is 0 Å². The maximum absolute atomic E-state index is 9.93. The van der Waals surface area contributed by atoms with E-state index < -0.39 is 5.60 Å². The molecule has 0 aromatic heterocycles. The summed E-state index contributed by atoms with van der Waals surface area (Å²) in [6, 6.07) is 0.564. The third-order valence-corrected chi connectivity index (χ3v) is 2.68. The second-order valence-electron chi connectivity index (χ2n) is 4.52. The van der Waals surface area contributed by atoms with Gasteiger partial charge in [0.2, 0.25) is 0 Å². The minimum atomic E-state index is -0.458. The first-order chi connectivity index (χ1) is 5.51. The fraction of sp³-hybridized carbons (Fsp3) is 1.00. The molecule has 12 heavy (non-hydrogen) atoms. The van der Waals surface area contributed by atoms with Crippen LogP contribution in [-0.4, -0.2) is 34.7 Å². The summed E-state index contributed by atoms with van der Waals surface area (Å²) in [5.41, 5.74) is -0.458. The number of hydrogen-bond donors (Lipinski definition) is 1. The molecule has 1 saturated heterocycles. The second-order valence-corrected chi connectivity index (χ2v) is 4.52. The monoisotopic (exact) mass is 171 g/mol. The molecule has 72 valence electrons. The Morgan fingerprint density at radius 1 is 1.33 bits per heavy atom. The van der Waals surface area contributed by atoms with Crippen molar-refractivity contribution in [2.75, 3.05) is 13.1 Å². The molecule has 1 N–H and O–H groups in total. The summed E-state index contributed by atoms with van der Waals surface area (Å²) in [7, 11) is 0. The lowest BCUT2D eigenvalue weighted by Gasteiger charge is -2.31. The normalized spacial score (nSPS) is 33.8. The highest BCUT2D eigenvalue weighted by atomic mass is 16.3. The average Bonchev–Trinajstić information content (AvgIpc) is 2.10. The van der Waals surface area contributed by atoms with Gasteiger partial charge in [0, 0.05) is 12.6 Å². The Morgan fingerprint density at radius 2 is 2.00 bits per heavy atom. The third kappa shape index (κ3) is 2.76. The van der Waals surface area contributed by atoms with Gasteiger partial charge in [0.05, 0.1) is 5.60 Å². The number of aliphatic hydroxyl groups is 1. The van der Waals surface area contributed by atoms with Crippen LogP contribution in [0.25, 0.3) is 0 Å². The quantitative estimate of drug-likeness (QED) is 0.648. The zero-order chi connectivity index (χ0) is 9.19. The van der Waals surface area contributed by atoms with Crippen LogP contribution in [0, 0.1) is 0 Å². The molecule has 0 radical (unpaired) electrons. The molecule has 0 bridgehead atoms. The topological polar surface area (TPSA) is 23.5 Å². The van der Waals surface area contributed by atoms with E-state index >= 15 is 0 Å². The molecule has 0 amide bonds. The maximum Gasteiger partial charge on any atom is 0.0746 e. The Morgan fingerprint density at radius 3 is 2.58 bits per heavy atom. The first-order valence-electron chi connectivity index (χ1n) is 4.98. The van der Waals surface area contributed by atoms with Gasteiger partial charge in [-0.25, -0.2) is 0 Å². The first kappa shape index (κ1) is 10.0. The zero-order valence-electron chi connectivity index (χ0n) is 8.51. The second kappa shape index (κ2) is 3.75. The van der Waals surface area contributed by atoms with Crippen LogP contribution in [0.1, 0.15) is 40.0 Å². The van der Waals surface area contributed by atoms with Crippen LogP contribution in [-0.2, 0) is 0 Å². The van der Waals surface area contributed by atoms with Crippen molar-refractivity contribution in [3.05, 3.63) is 0 Å². The lowest BCUT2D eigenvalue weighted by Crippen LogP contribution is -2.42. The van der Waals surface area contributed by atoms with Crippen LogP contribution in [0.2, 0.25) is 0 Å². The summed E-state index contributed by atoms with van der Waals surface area (Å²) >= 11 is 0. The van der Waals surface area contributed by atoms with Gasteiger partial charge in [-0.2, -0.15) is 0 Å². The van der Waals surface area contributed by atoms with Crippen molar-refractivity contribution in [3.8, 4) is 0 Å². The third-order valence-electron chi connectivity index (χ3n) is 2.68. The summed E-state index contributed by atoms with van der Waals surface area (Å²) in [4.78, 5) is 2.37. The number of β-amino-alcohol motifs (C(OH)–C–C–N with tert-alkyl or cyclic N) is 1. The number of nitrogens with zero attached hydrogens (tertiary/aromatic N) is 1. The van der Waals surface area contributed by atoms with Crippen molar-refractivity contribution >= 4 is 0 Å². The van der Waals surface area contributed by atoms with Crippen molar-refractivity contribution in [2.45, 2.75) is 51.7 Å². The SMILES string of the molecule is CC(C)N1CCCCC(C)(O)C1. The molecule has 0 aromatic carbocycles. The lowest BCUT2D eigenvalue weighted by atomic mass is 10.0. The molecule has 0 saturated carbocycles. The Bertz CT molecular complexity index is 143. The highest BCUT2D eigenvalue weighted by Crippen LogP contribution is 2.21. The Hall–Kier alpha value is -0.0800. The molecule has 0 aliphatic carbocycles. The number of hydrogen-bond acceptors (Lipinski definition) is 2. The molecule has 1 heterocycles. The minimum absolute atomic E-state index is 0.458. The molecule has 1 fully saturated rings. The van der Waals surface area contributed by atoms with E-state index in [0.717, 1.165) is 25.9 Å². The molecular formula is C10H21NO. The van der Waals surface area contributed by atoms with E-state index in [1.54, 1.807) is 0 Å². The predicted octanol–water partition coefficient (Wildman–Crippen LogP) is 1.63. The largest absolute Gasteiger partial charge is 0.389 e. The van der Waals surface area contributed by atoms with Gasteiger partial charge in [0.25, 0.3) is 0 Å². The van der Waals surface area contributed by atoms with Gasteiger partial charge in [-0.15, -0.1) is 0 Å². The van der Waals surface area contributed by atoms with Crippen molar-refractivity contribution in [1.82, 2.24) is 4.90 Å². The summed E-state index contributed by atoms with van der Waals surface area (Å²) < 4.78 is 0. The van der Waals surface area contributed by atoms with E-state index in [1.807, 2.05) is 6.92 Å². The summed E-state index contributed by atoms with van der Waals surface area (Å²) in [6.45, 7) is 8.33. The fourth-order valence-electron chi connectivity index (χ4n) is 1.86. The minimum Gasteiger partial charge on any atom is -0.389 e. The Labute approximate surface area is 75.6 Å². The molecule has 1 aliphatic rings. The predicted molar refractivity (Wildman–Crippen MR) is 51.2 cm³/mol. The van der Waals surface area contributed by atoms with Crippen molar-refractivity contribution in [2.24, 2.45) is 0 Å². The highest BCUT2D eigenvalue weighted by Gasteiger charge is 2.27. The summed E-state index contributed by atoms with van der Waals surface area (Å²) in [5, 5.41) is 9.93. The van der Waals surface area contributed by atoms with Gasteiger partial charge in [-0.1, -0.05) is 0 Å². The van der Waals surface area contributed by atoms with Crippen molar-refractivity contribution in [1.29, 1.82) is 0 Å². The van der Waals surface area contributed by atoms with Gasteiger partial charge in [-0.05, 0) is 46.6 Å². The summed E-state index contributed by atoms with van der Waals surface area (Å²) in [6.07, 6.45) is 3.35. The van der Waals surface area contributed by atoms with Crippen LogP contribution in [0.15, 0.2) is 0 Å². The van der Waals surface area contributed by atoms with Gasteiger partial charge in [0.1, 0.15) is 0 Å². The summed E-state index contributed by atoms with van der Waals surface area (Å²) in [5.74, 6) is 0. The first-order valence-corrected chi connectivity index (χ1v) is 4.98. The molecule has 1 rings (SSSR count). The Kier molecular flexibility index (Phi) is 3.13. The Balaban J connectivity index is 2.54. The van der Waals surface area contributed by atoms with Crippen molar-refractivity contribution < 1.29 is 5.11 Å². The molecular weight excluding hydrogens is 150 g/mol. The molecule has 1 aliphatic heterocycles. The van der Waals surface area contributed by atoms with Gasteiger partial charge >= 0.3 is 0 Å². The van der Waals surface area contributed by atoms with Crippen LogP contribution in [0.5, 0.6) is 0 Å². The lowest BCUT2D eigenvalue weighted by molar-refractivity contribution is 0.0157. The molecule has 2 nitrogen and oxygen atoms in total. The van der Waals surface area contributed by atoms with E-state index in [2.05, 4.69) is 18.7 Å². The molecule has 0 aromatic rings. The van der Waals surface area contributed by atoms with E-state index in [-0.39, 0.29) is 0 Å². The van der Waals surface area contributed by atoms with Crippen LogP contribution in [0.4, 0.5) is 0 Å². The van der Waals surface area contributed by atoms with E-state index in [4.69, 9.17) is 0 Å². The van der Waals surface area contributed by atoms with Gasteiger partial charge in [-0.3, -0.25) is 4.90 Å². The van der Waals surface area contributed by atoms with Crippen molar-refractivity contribution in [3.63, 3.8) is 0 Å². The molecule has 1 unspecified atom stereocenters. The van der Waals surface area contributed by atoms with Crippen LogP contribution in [0.3, 0.4) is 0 Å². The fourth-order valence-corrected chi connectivity index (χ4v) is 1.86. The average molecular weight is 171 g/mol. The molecule has 1 atom stereocenters. The standard InChI is InChI=1S/C10H21NO/c1-9(2)11-7-5-4-6-10(3,12)8-11/h9,12H,4-8H2,1-3H3. The van der Waals surface area contributed by atoms with Crippen LogP contribution < -0.4 is 0 Å². The highest BCUT2D eigenvalue weighted by molar-refractivity contribution is 4.82. The zero-order valence-corrected chi connectivity index (χ0v) is 8.51. The number of rotatable bonds is 1.